The molecule has 7 heteroatoms. The predicted octanol–water partition coefficient (Wildman–Crippen LogP) is 1.94. The van der Waals surface area contributed by atoms with E-state index in [2.05, 4.69) is 15.3 Å². The van der Waals surface area contributed by atoms with Gasteiger partial charge in [0.05, 0.1) is 26.8 Å². The van der Waals surface area contributed by atoms with Crippen molar-refractivity contribution in [2.24, 2.45) is 0 Å². The van der Waals surface area contributed by atoms with E-state index in [4.69, 9.17) is 14.2 Å². The molecule has 0 saturated heterocycles. The molecule has 0 bridgehead atoms. The van der Waals surface area contributed by atoms with Crippen LogP contribution in [0.25, 0.3) is 11.0 Å². The van der Waals surface area contributed by atoms with Crippen LogP contribution in [-0.4, -0.2) is 37.2 Å². The summed E-state index contributed by atoms with van der Waals surface area (Å²) in [4.78, 5) is 18.7. The van der Waals surface area contributed by atoms with Crippen molar-refractivity contribution in [1.29, 1.82) is 0 Å². The summed E-state index contributed by atoms with van der Waals surface area (Å²) < 4.78 is 15.9. The van der Waals surface area contributed by atoms with Crippen LogP contribution in [0.5, 0.6) is 17.2 Å². The number of rotatable bonds is 5. The highest BCUT2D eigenvalue weighted by molar-refractivity contribution is 5.93. The van der Waals surface area contributed by atoms with E-state index in [1.54, 1.807) is 20.1 Å². The summed E-state index contributed by atoms with van der Waals surface area (Å²) in [5.41, 5.74) is 1.25. The summed E-state index contributed by atoms with van der Waals surface area (Å²) in [7, 11) is 4.59. The van der Waals surface area contributed by atoms with Gasteiger partial charge in [0.2, 0.25) is 17.6 Å². The lowest BCUT2D eigenvalue weighted by atomic mass is 10.2. The van der Waals surface area contributed by atoms with Crippen molar-refractivity contribution in [2.45, 2.75) is 13.3 Å². The standard InChI is InChI=1S/C13H17N3O4/c1-5-9(17)15-13-14-7-6-8(18-2)11(19-3)12(20-4)10(7)16-13/h6H,5H2,1-4H3,(H2,14,15,16,17). The Labute approximate surface area is 116 Å². The third kappa shape index (κ3) is 2.34. The Morgan fingerprint density at radius 3 is 2.50 bits per heavy atom. The Kier molecular flexibility index (Phi) is 3.97. The highest BCUT2D eigenvalue weighted by atomic mass is 16.5. The topological polar surface area (TPSA) is 85.5 Å². The van der Waals surface area contributed by atoms with Crippen LogP contribution in [0.15, 0.2) is 6.07 Å². The fraction of sp³-hybridized carbons (Fsp3) is 0.385. The molecule has 2 rings (SSSR count). The molecule has 108 valence electrons. The largest absolute Gasteiger partial charge is 0.493 e. The molecule has 1 aromatic heterocycles. The first-order chi connectivity index (χ1) is 9.64. The Balaban J connectivity index is 2.58. The molecule has 1 amide bonds. The van der Waals surface area contributed by atoms with Crippen LogP contribution < -0.4 is 19.5 Å². The second kappa shape index (κ2) is 5.68. The molecule has 7 nitrogen and oxygen atoms in total. The van der Waals surface area contributed by atoms with Crippen molar-refractivity contribution in [2.75, 3.05) is 26.6 Å². The van der Waals surface area contributed by atoms with Crippen LogP contribution in [0.3, 0.4) is 0 Å². The minimum absolute atomic E-state index is 0.123. The summed E-state index contributed by atoms with van der Waals surface area (Å²) in [5, 5.41) is 2.66. The summed E-state index contributed by atoms with van der Waals surface area (Å²) in [5.74, 6) is 1.67. The fourth-order valence-electron chi connectivity index (χ4n) is 1.89. The van der Waals surface area contributed by atoms with Gasteiger partial charge in [0, 0.05) is 12.5 Å². The number of imidazole rings is 1. The van der Waals surface area contributed by atoms with Crippen molar-refractivity contribution >= 4 is 22.9 Å². The maximum atomic E-state index is 11.4. The van der Waals surface area contributed by atoms with Gasteiger partial charge in [0.1, 0.15) is 5.52 Å². The lowest BCUT2D eigenvalue weighted by Crippen LogP contribution is -2.10. The second-order valence-electron chi connectivity index (χ2n) is 4.03. The van der Waals surface area contributed by atoms with Crippen LogP contribution in [0.2, 0.25) is 0 Å². The lowest BCUT2D eigenvalue weighted by molar-refractivity contribution is -0.115. The highest BCUT2D eigenvalue weighted by Gasteiger charge is 2.19. The second-order valence-corrected chi connectivity index (χ2v) is 4.03. The molecule has 0 aliphatic carbocycles. The summed E-state index contributed by atoms with van der Waals surface area (Å²) in [6.45, 7) is 1.77. The number of aromatic nitrogens is 2. The maximum absolute atomic E-state index is 11.4. The molecule has 0 atom stereocenters. The number of aromatic amines is 1. The molecule has 20 heavy (non-hydrogen) atoms. The van der Waals surface area contributed by atoms with E-state index in [0.717, 1.165) is 0 Å². The first-order valence-corrected chi connectivity index (χ1v) is 6.13. The molecule has 0 radical (unpaired) electrons. The third-order valence-corrected chi connectivity index (χ3v) is 2.86. The average molecular weight is 279 g/mol. The molecule has 2 aromatic rings. The third-order valence-electron chi connectivity index (χ3n) is 2.86. The number of methoxy groups -OCH3 is 3. The number of nitrogens with one attached hydrogen (secondary N) is 2. The summed E-state index contributed by atoms with van der Waals surface area (Å²) >= 11 is 0. The molecular weight excluding hydrogens is 262 g/mol. The number of carbonyl (C=O) groups is 1. The van der Waals surface area contributed by atoms with E-state index < -0.39 is 0 Å². The molecule has 1 heterocycles. The number of amides is 1. The van der Waals surface area contributed by atoms with Gasteiger partial charge in [0.15, 0.2) is 11.5 Å². The van der Waals surface area contributed by atoms with Crippen molar-refractivity contribution in [1.82, 2.24) is 9.97 Å². The highest BCUT2D eigenvalue weighted by Crippen LogP contribution is 2.42. The van der Waals surface area contributed by atoms with Crippen molar-refractivity contribution in [3.8, 4) is 17.2 Å². The number of H-pyrrole nitrogens is 1. The quantitative estimate of drug-likeness (QED) is 0.873. The van der Waals surface area contributed by atoms with Crippen LogP contribution in [0.1, 0.15) is 13.3 Å². The summed E-state index contributed by atoms with van der Waals surface area (Å²) in [6.07, 6.45) is 0.376. The molecule has 0 aliphatic rings. The SMILES string of the molecule is CCC(=O)Nc1nc2c(OC)c(OC)c(OC)cc2[nH]1. The number of benzene rings is 1. The van der Waals surface area contributed by atoms with E-state index in [1.807, 2.05) is 0 Å². The Morgan fingerprint density at radius 1 is 1.25 bits per heavy atom. The van der Waals surface area contributed by atoms with Crippen molar-refractivity contribution in [3.05, 3.63) is 6.07 Å². The minimum atomic E-state index is -0.123. The molecule has 1 aromatic carbocycles. The smallest absolute Gasteiger partial charge is 0.226 e. The number of carbonyl (C=O) groups excluding carboxylic acids is 1. The number of ether oxygens (including phenoxy) is 3. The molecule has 0 spiro atoms. The lowest BCUT2D eigenvalue weighted by Gasteiger charge is -2.11. The normalized spacial score (nSPS) is 10.4. The molecule has 0 fully saturated rings. The van der Waals surface area contributed by atoms with Gasteiger partial charge in [-0.3, -0.25) is 10.1 Å². The zero-order chi connectivity index (χ0) is 14.7. The van der Waals surface area contributed by atoms with E-state index in [1.165, 1.54) is 14.2 Å². The maximum Gasteiger partial charge on any atom is 0.226 e. The van der Waals surface area contributed by atoms with Gasteiger partial charge >= 0.3 is 0 Å². The van der Waals surface area contributed by atoms with Gasteiger partial charge in [-0.05, 0) is 0 Å². The monoisotopic (exact) mass is 279 g/mol. The van der Waals surface area contributed by atoms with E-state index in [9.17, 15) is 4.79 Å². The fourth-order valence-corrected chi connectivity index (χ4v) is 1.89. The average Bonchev–Trinajstić information content (AvgIpc) is 2.86. The minimum Gasteiger partial charge on any atom is -0.493 e. The Hall–Kier alpha value is -2.44. The molecule has 0 aliphatic heterocycles. The van der Waals surface area contributed by atoms with Gasteiger partial charge in [-0.15, -0.1) is 0 Å². The first-order valence-electron chi connectivity index (χ1n) is 6.13. The number of nitrogens with zero attached hydrogens (tertiary/aromatic N) is 1. The van der Waals surface area contributed by atoms with Crippen molar-refractivity contribution < 1.29 is 19.0 Å². The molecule has 0 saturated carbocycles. The molecule has 2 N–H and O–H groups in total. The Bertz CT molecular complexity index is 636. The van der Waals surface area contributed by atoms with Crippen LogP contribution in [-0.2, 0) is 4.79 Å². The van der Waals surface area contributed by atoms with Gasteiger partial charge in [-0.1, -0.05) is 6.92 Å². The van der Waals surface area contributed by atoms with E-state index in [-0.39, 0.29) is 5.91 Å². The number of fused-ring (bicyclic) bond motifs is 1. The first kappa shape index (κ1) is 14.0. The predicted molar refractivity (Wildman–Crippen MR) is 74.7 cm³/mol. The Morgan fingerprint density at radius 2 is 1.95 bits per heavy atom. The van der Waals surface area contributed by atoms with Crippen LogP contribution in [0.4, 0.5) is 5.95 Å². The van der Waals surface area contributed by atoms with Gasteiger partial charge in [-0.25, -0.2) is 4.98 Å². The van der Waals surface area contributed by atoms with Crippen LogP contribution in [0, 0.1) is 0 Å². The zero-order valence-electron chi connectivity index (χ0n) is 11.9. The van der Waals surface area contributed by atoms with E-state index >= 15 is 0 Å². The van der Waals surface area contributed by atoms with Gasteiger partial charge in [0.25, 0.3) is 0 Å². The van der Waals surface area contributed by atoms with Crippen molar-refractivity contribution in [3.63, 3.8) is 0 Å². The molecular formula is C13H17N3O4. The molecule has 0 unspecified atom stereocenters. The number of hydrogen-bond donors (Lipinski definition) is 2. The summed E-state index contributed by atoms with van der Waals surface area (Å²) in [6, 6.07) is 1.74. The van der Waals surface area contributed by atoms with Gasteiger partial charge < -0.3 is 19.2 Å². The number of hydrogen-bond acceptors (Lipinski definition) is 5. The van der Waals surface area contributed by atoms with Gasteiger partial charge in [-0.2, -0.15) is 0 Å². The van der Waals surface area contributed by atoms with Crippen LogP contribution >= 0.6 is 0 Å². The zero-order valence-corrected chi connectivity index (χ0v) is 11.9. The van der Waals surface area contributed by atoms with E-state index in [0.29, 0.717) is 40.7 Å². The number of anilines is 1.